The lowest BCUT2D eigenvalue weighted by molar-refractivity contribution is -0.125. The van der Waals surface area contributed by atoms with Gasteiger partial charge < -0.3 is 15.0 Å². The van der Waals surface area contributed by atoms with Crippen molar-refractivity contribution < 1.29 is 14.3 Å². The van der Waals surface area contributed by atoms with E-state index < -0.39 is 6.10 Å². The fraction of sp³-hybridized carbons (Fsp3) is 0.300. The molecule has 2 amide bonds. The molecule has 0 aliphatic carbocycles. The van der Waals surface area contributed by atoms with Gasteiger partial charge in [0.25, 0.3) is 11.8 Å². The van der Waals surface area contributed by atoms with Crippen LogP contribution < -0.4 is 15.0 Å². The molecule has 1 aliphatic rings. The van der Waals surface area contributed by atoms with E-state index in [2.05, 4.69) is 19.2 Å². The molecule has 6 heteroatoms. The van der Waals surface area contributed by atoms with E-state index >= 15 is 0 Å². The average molecular weight is 373 g/mol. The molecular weight excluding hydrogens is 352 g/mol. The number of halogens is 1. The predicted octanol–water partition coefficient (Wildman–Crippen LogP) is 4.36. The molecule has 3 rings (SSSR count). The molecule has 0 radical (unpaired) electrons. The highest BCUT2D eigenvalue weighted by Gasteiger charge is 2.32. The minimum Gasteiger partial charge on any atom is -0.479 e. The van der Waals surface area contributed by atoms with Crippen molar-refractivity contribution in [2.45, 2.75) is 26.9 Å². The quantitative estimate of drug-likeness (QED) is 0.867. The third-order valence-corrected chi connectivity index (χ3v) is 4.42. The molecule has 0 fully saturated rings. The van der Waals surface area contributed by atoms with Gasteiger partial charge in [0.15, 0.2) is 6.10 Å². The molecule has 1 N–H and O–H groups in total. The lowest BCUT2D eigenvalue weighted by Crippen LogP contribution is -2.46. The monoisotopic (exact) mass is 372 g/mol. The van der Waals surface area contributed by atoms with Crippen molar-refractivity contribution in [3.05, 3.63) is 53.1 Å². The van der Waals surface area contributed by atoms with Gasteiger partial charge in [-0.25, -0.2) is 0 Å². The Labute approximate surface area is 157 Å². The van der Waals surface area contributed by atoms with Gasteiger partial charge in [-0.2, -0.15) is 0 Å². The summed E-state index contributed by atoms with van der Waals surface area (Å²) in [5, 5.41) is 3.21. The first-order valence-electron chi connectivity index (χ1n) is 8.54. The largest absolute Gasteiger partial charge is 0.479 e. The minimum atomic E-state index is -0.559. The van der Waals surface area contributed by atoms with E-state index in [0.717, 1.165) is 5.69 Å². The topological polar surface area (TPSA) is 58.6 Å². The van der Waals surface area contributed by atoms with Crippen molar-refractivity contribution in [1.82, 2.24) is 0 Å². The zero-order valence-electron chi connectivity index (χ0n) is 15.0. The van der Waals surface area contributed by atoms with Gasteiger partial charge in [-0.1, -0.05) is 37.6 Å². The van der Waals surface area contributed by atoms with Gasteiger partial charge in [0.1, 0.15) is 5.75 Å². The molecule has 136 valence electrons. The standard InChI is InChI=1S/C20H21ClN2O3/c1-12(2)11-23-17-9-8-14(10-18(17)26-13(3)20(23)25)22-19(24)15-6-4-5-7-16(15)21/h4-10,12-13H,11H2,1-3H3,(H,22,24). The van der Waals surface area contributed by atoms with Crippen molar-refractivity contribution in [1.29, 1.82) is 0 Å². The number of hydrogen-bond donors (Lipinski definition) is 1. The van der Waals surface area contributed by atoms with Crippen LogP contribution in [-0.2, 0) is 4.79 Å². The molecule has 0 saturated carbocycles. The Morgan fingerprint density at radius 2 is 2.00 bits per heavy atom. The Bertz CT molecular complexity index is 851. The molecule has 1 unspecified atom stereocenters. The predicted molar refractivity (Wildman–Crippen MR) is 103 cm³/mol. The van der Waals surface area contributed by atoms with Crippen LogP contribution in [0.25, 0.3) is 0 Å². The summed E-state index contributed by atoms with van der Waals surface area (Å²) < 4.78 is 5.74. The Morgan fingerprint density at radius 3 is 2.69 bits per heavy atom. The summed E-state index contributed by atoms with van der Waals surface area (Å²) in [5.41, 5.74) is 1.70. The van der Waals surface area contributed by atoms with Crippen LogP contribution in [-0.4, -0.2) is 24.5 Å². The van der Waals surface area contributed by atoms with Crippen molar-refractivity contribution in [2.24, 2.45) is 5.92 Å². The number of fused-ring (bicyclic) bond motifs is 1. The van der Waals surface area contributed by atoms with Crippen molar-refractivity contribution in [2.75, 3.05) is 16.8 Å². The first-order chi connectivity index (χ1) is 12.4. The van der Waals surface area contributed by atoms with E-state index in [1.165, 1.54) is 0 Å². The summed E-state index contributed by atoms with van der Waals surface area (Å²) in [6.07, 6.45) is -0.559. The number of nitrogens with zero attached hydrogens (tertiary/aromatic N) is 1. The SMILES string of the molecule is CC(C)CN1C(=O)C(C)Oc2cc(NC(=O)c3ccccc3Cl)ccc21. The zero-order valence-corrected chi connectivity index (χ0v) is 15.7. The van der Waals surface area contributed by atoms with E-state index in [-0.39, 0.29) is 11.8 Å². The molecule has 0 aromatic heterocycles. The summed E-state index contributed by atoms with van der Waals surface area (Å²) in [6.45, 7) is 6.47. The van der Waals surface area contributed by atoms with E-state index in [9.17, 15) is 9.59 Å². The molecule has 1 heterocycles. The molecular formula is C20H21ClN2O3. The second-order valence-electron chi connectivity index (χ2n) is 6.72. The molecule has 26 heavy (non-hydrogen) atoms. The minimum absolute atomic E-state index is 0.0564. The zero-order chi connectivity index (χ0) is 18.8. The van der Waals surface area contributed by atoms with Gasteiger partial charge in [0.2, 0.25) is 0 Å². The van der Waals surface area contributed by atoms with Crippen molar-refractivity contribution in [3.8, 4) is 5.75 Å². The van der Waals surface area contributed by atoms with E-state index in [1.807, 2.05) is 0 Å². The maximum Gasteiger partial charge on any atom is 0.267 e. The first-order valence-corrected chi connectivity index (χ1v) is 8.92. The number of ether oxygens (including phenoxy) is 1. The Kier molecular flexibility index (Phi) is 5.18. The van der Waals surface area contributed by atoms with Crippen molar-refractivity contribution >= 4 is 34.8 Å². The smallest absolute Gasteiger partial charge is 0.267 e. The second kappa shape index (κ2) is 7.38. The summed E-state index contributed by atoms with van der Waals surface area (Å²) in [5.74, 6) is 0.556. The molecule has 0 saturated heterocycles. The molecule has 2 aromatic carbocycles. The van der Waals surface area contributed by atoms with Gasteiger partial charge in [-0.3, -0.25) is 9.59 Å². The van der Waals surface area contributed by atoms with Crippen LogP contribution in [0.4, 0.5) is 11.4 Å². The third-order valence-electron chi connectivity index (χ3n) is 4.09. The molecule has 1 atom stereocenters. The number of amides is 2. The number of benzene rings is 2. The van der Waals surface area contributed by atoms with E-state index in [0.29, 0.717) is 34.5 Å². The van der Waals surface area contributed by atoms with Crippen LogP contribution in [0.1, 0.15) is 31.1 Å². The second-order valence-corrected chi connectivity index (χ2v) is 7.13. The summed E-state index contributed by atoms with van der Waals surface area (Å²) in [6, 6.07) is 12.2. The molecule has 5 nitrogen and oxygen atoms in total. The van der Waals surface area contributed by atoms with Crippen molar-refractivity contribution in [3.63, 3.8) is 0 Å². The van der Waals surface area contributed by atoms with Crippen LogP contribution in [0.3, 0.4) is 0 Å². The van der Waals surface area contributed by atoms with Gasteiger partial charge in [0.05, 0.1) is 16.3 Å². The van der Waals surface area contributed by atoms with Crippen LogP contribution in [0, 0.1) is 5.92 Å². The number of nitrogens with one attached hydrogen (secondary N) is 1. The van der Waals surface area contributed by atoms with E-state index in [1.54, 1.807) is 54.3 Å². The van der Waals surface area contributed by atoms with Gasteiger partial charge in [-0.15, -0.1) is 0 Å². The molecule has 1 aliphatic heterocycles. The Balaban J connectivity index is 1.87. The number of hydrogen-bond acceptors (Lipinski definition) is 3. The van der Waals surface area contributed by atoms with Crippen LogP contribution in [0.2, 0.25) is 5.02 Å². The lowest BCUT2D eigenvalue weighted by atomic mass is 10.1. The number of carbonyl (C=O) groups is 2. The normalized spacial score (nSPS) is 16.3. The average Bonchev–Trinajstić information content (AvgIpc) is 2.59. The first kappa shape index (κ1) is 18.3. The molecule has 2 aromatic rings. The highest BCUT2D eigenvalue weighted by molar-refractivity contribution is 6.34. The number of anilines is 2. The highest BCUT2D eigenvalue weighted by Crippen LogP contribution is 2.37. The van der Waals surface area contributed by atoms with Gasteiger partial charge in [-0.05, 0) is 37.1 Å². The lowest BCUT2D eigenvalue weighted by Gasteiger charge is -2.34. The maximum atomic E-state index is 12.4. The Morgan fingerprint density at radius 1 is 1.27 bits per heavy atom. The highest BCUT2D eigenvalue weighted by atomic mass is 35.5. The third kappa shape index (κ3) is 3.68. The summed E-state index contributed by atoms with van der Waals surface area (Å²) >= 11 is 6.07. The fourth-order valence-corrected chi connectivity index (χ4v) is 3.11. The van der Waals surface area contributed by atoms with Crippen LogP contribution >= 0.6 is 11.6 Å². The van der Waals surface area contributed by atoms with Crippen LogP contribution in [0.5, 0.6) is 5.75 Å². The maximum absolute atomic E-state index is 12.4. The Hall–Kier alpha value is -2.53. The van der Waals surface area contributed by atoms with E-state index in [4.69, 9.17) is 16.3 Å². The molecule has 0 spiro atoms. The fourth-order valence-electron chi connectivity index (χ4n) is 2.89. The van der Waals surface area contributed by atoms with Gasteiger partial charge in [0, 0.05) is 18.3 Å². The number of rotatable bonds is 4. The number of carbonyl (C=O) groups excluding carboxylic acids is 2. The van der Waals surface area contributed by atoms with Gasteiger partial charge >= 0.3 is 0 Å². The molecule has 0 bridgehead atoms. The van der Waals surface area contributed by atoms with Crippen LogP contribution in [0.15, 0.2) is 42.5 Å². The summed E-state index contributed by atoms with van der Waals surface area (Å²) in [7, 11) is 0. The summed E-state index contributed by atoms with van der Waals surface area (Å²) in [4.78, 5) is 26.6.